The van der Waals surface area contributed by atoms with Crippen LogP contribution in [0.1, 0.15) is 51.6 Å². The molecule has 1 aromatic rings. The van der Waals surface area contributed by atoms with Crippen molar-refractivity contribution in [1.82, 2.24) is 5.32 Å². The van der Waals surface area contributed by atoms with E-state index in [0.717, 1.165) is 4.47 Å². The minimum absolute atomic E-state index is 0.446. The lowest BCUT2D eigenvalue weighted by Crippen LogP contribution is -2.30. The first-order valence-electron chi connectivity index (χ1n) is 6.48. The molecule has 1 nitrogen and oxygen atoms in total. The standard InChI is InChI=1S/C15H22BrN/c1-11(12-4-6-13(16)7-5-12)17-14-8-9-15(2,3)10-14/h4-7,11,14,17H,8-10H2,1-3H3/t11-,14?/m0/s1. The van der Waals surface area contributed by atoms with Crippen LogP contribution in [0.4, 0.5) is 0 Å². The van der Waals surface area contributed by atoms with Crippen molar-refractivity contribution in [1.29, 1.82) is 0 Å². The number of hydrogen-bond donors (Lipinski definition) is 1. The molecule has 0 spiro atoms. The van der Waals surface area contributed by atoms with Crippen molar-refractivity contribution in [3.63, 3.8) is 0 Å². The van der Waals surface area contributed by atoms with E-state index in [0.29, 0.717) is 17.5 Å². The van der Waals surface area contributed by atoms with E-state index in [1.54, 1.807) is 0 Å². The van der Waals surface area contributed by atoms with Crippen LogP contribution in [-0.2, 0) is 0 Å². The molecule has 1 unspecified atom stereocenters. The molecule has 94 valence electrons. The topological polar surface area (TPSA) is 12.0 Å². The molecule has 1 N–H and O–H groups in total. The average Bonchev–Trinajstić information content (AvgIpc) is 2.59. The normalized spacial score (nSPS) is 24.8. The quantitative estimate of drug-likeness (QED) is 0.854. The van der Waals surface area contributed by atoms with Gasteiger partial charge in [-0.2, -0.15) is 0 Å². The Morgan fingerprint density at radius 2 is 1.94 bits per heavy atom. The molecule has 0 amide bonds. The lowest BCUT2D eigenvalue weighted by Gasteiger charge is -2.22. The summed E-state index contributed by atoms with van der Waals surface area (Å²) < 4.78 is 1.15. The molecule has 0 aromatic heterocycles. The molecule has 2 rings (SSSR count). The second-order valence-electron chi connectivity index (χ2n) is 6.04. The number of benzene rings is 1. The third-order valence-corrected chi connectivity index (χ3v) is 4.35. The van der Waals surface area contributed by atoms with E-state index in [-0.39, 0.29) is 0 Å². The Balaban J connectivity index is 1.93. The van der Waals surface area contributed by atoms with E-state index in [1.165, 1.54) is 24.8 Å². The van der Waals surface area contributed by atoms with Crippen LogP contribution in [-0.4, -0.2) is 6.04 Å². The second kappa shape index (κ2) is 5.11. The van der Waals surface area contributed by atoms with Crippen LogP contribution in [0.2, 0.25) is 0 Å². The zero-order valence-corrected chi connectivity index (χ0v) is 12.5. The summed E-state index contributed by atoms with van der Waals surface area (Å²) in [7, 11) is 0. The van der Waals surface area contributed by atoms with Gasteiger partial charge in [0.2, 0.25) is 0 Å². The Labute approximate surface area is 113 Å². The fraction of sp³-hybridized carbons (Fsp3) is 0.600. The second-order valence-corrected chi connectivity index (χ2v) is 6.96. The van der Waals surface area contributed by atoms with Crippen LogP contribution in [0.15, 0.2) is 28.7 Å². The fourth-order valence-corrected chi connectivity index (χ4v) is 3.04. The number of rotatable bonds is 3. The lowest BCUT2D eigenvalue weighted by molar-refractivity contribution is 0.356. The maximum Gasteiger partial charge on any atom is 0.0294 e. The first-order chi connectivity index (χ1) is 7.96. The molecule has 1 aliphatic rings. The maximum atomic E-state index is 3.75. The molecule has 1 fully saturated rings. The molecule has 1 aliphatic carbocycles. The molecule has 0 bridgehead atoms. The van der Waals surface area contributed by atoms with Gasteiger partial charge in [-0.05, 0) is 49.3 Å². The third-order valence-electron chi connectivity index (χ3n) is 3.82. The van der Waals surface area contributed by atoms with Crippen LogP contribution < -0.4 is 5.32 Å². The van der Waals surface area contributed by atoms with Crippen molar-refractivity contribution in [3.05, 3.63) is 34.3 Å². The summed E-state index contributed by atoms with van der Waals surface area (Å²) in [5, 5.41) is 3.75. The molecular formula is C15H22BrN. The highest BCUT2D eigenvalue weighted by Crippen LogP contribution is 2.37. The summed E-state index contributed by atoms with van der Waals surface area (Å²) in [4.78, 5) is 0. The Morgan fingerprint density at radius 3 is 2.47 bits per heavy atom. The van der Waals surface area contributed by atoms with Crippen LogP contribution in [0.5, 0.6) is 0 Å². The largest absolute Gasteiger partial charge is 0.307 e. The van der Waals surface area contributed by atoms with Gasteiger partial charge < -0.3 is 5.32 Å². The van der Waals surface area contributed by atoms with Gasteiger partial charge in [-0.15, -0.1) is 0 Å². The van der Waals surface area contributed by atoms with Crippen LogP contribution in [0.25, 0.3) is 0 Å². The van der Waals surface area contributed by atoms with Gasteiger partial charge in [0.25, 0.3) is 0 Å². The van der Waals surface area contributed by atoms with Gasteiger partial charge in [0.15, 0.2) is 0 Å². The van der Waals surface area contributed by atoms with E-state index < -0.39 is 0 Å². The van der Waals surface area contributed by atoms with E-state index in [2.05, 4.69) is 66.3 Å². The smallest absolute Gasteiger partial charge is 0.0294 e. The van der Waals surface area contributed by atoms with Crippen LogP contribution in [0.3, 0.4) is 0 Å². The minimum atomic E-state index is 0.446. The van der Waals surface area contributed by atoms with Crippen molar-refractivity contribution in [2.45, 2.75) is 52.1 Å². The third kappa shape index (κ3) is 3.56. The summed E-state index contributed by atoms with van der Waals surface area (Å²) >= 11 is 3.48. The predicted octanol–water partition coefficient (Wildman–Crippen LogP) is 4.68. The van der Waals surface area contributed by atoms with Gasteiger partial charge in [0.1, 0.15) is 0 Å². The molecule has 2 heteroatoms. The maximum absolute atomic E-state index is 3.75. The summed E-state index contributed by atoms with van der Waals surface area (Å²) in [6.45, 7) is 7.01. The molecule has 2 atom stereocenters. The Morgan fingerprint density at radius 1 is 1.29 bits per heavy atom. The first-order valence-corrected chi connectivity index (χ1v) is 7.27. The van der Waals surface area contributed by atoms with Gasteiger partial charge in [0, 0.05) is 16.6 Å². The highest BCUT2D eigenvalue weighted by atomic mass is 79.9. The van der Waals surface area contributed by atoms with Gasteiger partial charge in [-0.1, -0.05) is 41.9 Å². The Bertz CT molecular complexity index is 369. The van der Waals surface area contributed by atoms with Crippen molar-refractivity contribution >= 4 is 15.9 Å². The van der Waals surface area contributed by atoms with Gasteiger partial charge >= 0.3 is 0 Å². The Hall–Kier alpha value is -0.340. The molecule has 0 radical (unpaired) electrons. The van der Waals surface area contributed by atoms with E-state index in [1.807, 2.05) is 0 Å². The zero-order valence-electron chi connectivity index (χ0n) is 11.0. The van der Waals surface area contributed by atoms with Crippen molar-refractivity contribution in [2.75, 3.05) is 0 Å². The molecule has 0 saturated heterocycles. The SMILES string of the molecule is C[C@H](NC1CCC(C)(C)C1)c1ccc(Br)cc1. The average molecular weight is 296 g/mol. The number of hydrogen-bond acceptors (Lipinski definition) is 1. The first kappa shape index (κ1) is 13.1. The Kier molecular flexibility index (Phi) is 3.94. The minimum Gasteiger partial charge on any atom is -0.307 e. The highest BCUT2D eigenvalue weighted by molar-refractivity contribution is 9.10. The van der Waals surface area contributed by atoms with Gasteiger partial charge in [0.05, 0.1) is 0 Å². The van der Waals surface area contributed by atoms with Crippen molar-refractivity contribution in [3.8, 4) is 0 Å². The van der Waals surface area contributed by atoms with Crippen molar-refractivity contribution in [2.24, 2.45) is 5.41 Å². The van der Waals surface area contributed by atoms with Gasteiger partial charge in [-0.25, -0.2) is 0 Å². The summed E-state index contributed by atoms with van der Waals surface area (Å²) in [6.07, 6.45) is 3.96. The summed E-state index contributed by atoms with van der Waals surface area (Å²) in [5.41, 5.74) is 1.90. The highest BCUT2D eigenvalue weighted by Gasteiger charge is 2.31. The number of halogens is 1. The van der Waals surface area contributed by atoms with Crippen LogP contribution in [0, 0.1) is 5.41 Å². The molecule has 1 saturated carbocycles. The predicted molar refractivity (Wildman–Crippen MR) is 77.1 cm³/mol. The molecule has 1 aromatic carbocycles. The molecular weight excluding hydrogens is 274 g/mol. The summed E-state index contributed by atoms with van der Waals surface area (Å²) in [6, 6.07) is 9.76. The zero-order chi connectivity index (χ0) is 12.5. The fourth-order valence-electron chi connectivity index (χ4n) is 2.78. The van der Waals surface area contributed by atoms with Crippen molar-refractivity contribution < 1.29 is 0 Å². The molecule has 0 heterocycles. The lowest BCUT2D eigenvalue weighted by atomic mass is 9.91. The number of nitrogens with one attached hydrogen (secondary N) is 1. The van der Waals surface area contributed by atoms with E-state index >= 15 is 0 Å². The van der Waals surface area contributed by atoms with Crippen LogP contribution >= 0.6 is 15.9 Å². The van der Waals surface area contributed by atoms with Gasteiger partial charge in [-0.3, -0.25) is 0 Å². The summed E-state index contributed by atoms with van der Waals surface area (Å²) in [5.74, 6) is 0. The molecule has 17 heavy (non-hydrogen) atoms. The monoisotopic (exact) mass is 295 g/mol. The van der Waals surface area contributed by atoms with E-state index in [4.69, 9.17) is 0 Å². The van der Waals surface area contributed by atoms with E-state index in [9.17, 15) is 0 Å². The molecule has 0 aliphatic heterocycles.